The van der Waals surface area contributed by atoms with Crippen molar-refractivity contribution in [1.29, 1.82) is 0 Å². The molecule has 0 atom stereocenters. The Morgan fingerprint density at radius 2 is 1.85 bits per heavy atom. The SMILES string of the molecule is CCC(C)(CC)NS(=O)(=O)c1cc(Cl)cc(CO)c1C. The van der Waals surface area contributed by atoms with Crippen LogP contribution in [0.15, 0.2) is 17.0 Å². The van der Waals surface area contributed by atoms with Gasteiger partial charge in [0.15, 0.2) is 0 Å². The number of nitrogens with one attached hydrogen (secondary N) is 1. The number of sulfonamides is 1. The van der Waals surface area contributed by atoms with E-state index in [1.165, 1.54) is 6.07 Å². The molecule has 6 heteroatoms. The molecule has 0 bridgehead atoms. The van der Waals surface area contributed by atoms with Crippen LogP contribution in [-0.2, 0) is 16.6 Å². The van der Waals surface area contributed by atoms with Crippen molar-refractivity contribution in [3.63, 3.8) is 0 Å². The molecule has 0 unspecified atom stereocenters. The maximum absolute atomic E-state index is 12.6. The molecule has 4 nitrogen and oxygen atoms in total. The lowest BCUT2D eigenvalue weighted by Gasteiger charge is -2.28. The molecular formula is C14H22ClNO3S. The van der Waals surface area contributed by atoms with Crippen molar-refractivity contribution in [3.05, 3.63) is 28.3 Å². The molecule has 0 radical (unpaired) electrons. The standard InChI is InChI=1S/C14H22ClNO3S/c1-5-14(4,6-2)16-20(18,19)13-8-12(15)7-11(9-17)10(13)3/h7-8,16-17H,5-6,9H2,1-4H3. The van der Waals surface area contributed by atoms with Crippen molar-refractivity contribution < 1.29 is 13.5 Å². The van der Waals surface area contributed by atoms with E-state index in [1.54, 1.807) is 13.0 Å². The molecule has 0 aliphatic rings. The van der Waals surface area contributed by atoms with Gasteiger partial charge in [0.25, 0.3) is 0 Å². The second-order valence-corrected chi connectivity index (χ2v) is 7.31. The van der Waals surface area contributed by atoms with Crippen LogP contribution in [0.1, 0.15) is 44.7 Å². The fraction of sp³-hybridized carbons (Fsp3) is 0.571. The van der Waals surface area contributed by atoms with Gasteiger partial charge >= 0.3 is 0 Å². The van der Waals surface area contributed by atoms with Gasteiger partial charge in [0, 0.05) is 10.6 Å². The van der Waals surface area contributed by atoms with E-state index < -0.39 is 15.6 Å². The van der Waals surface area contributed by atoms with E-state index in [2.05, 4.69) is 4.72 Å². The summed E-state index contributed by atoms with van der Waals surface area (Å²) in [6, 6.07) is 3.00. The van der Waals surface area contributed by atoms with Gasteiger partial charge in [-0.2, -0.15) is 0 Å². The fourth-order valence-electron chi connectivity index (χ4n) is 1.93. The van der Waals surface area contributed by atoms with E-state index >= 15 is 0 Å². The summed E-state index contributed by atoms with van der Waals surface area (Å²) in [7, 11) is -3.67. The maximum Gasteiger partial charge on any atom is 0.241 e. The van der Waals surface area contributed by atoms with Gasteiger partial charge in [-0.05, 0) is 49.9 Å². The van der Waals surface area contributed by atoms with Crippen LogP contribution < -0.4 is 4.72 Å². The van der Waals surface area contributed by atoms with Gasteiger partial charge in [0.2, 0.25) is 10.0 Å². The fourth-order valence-corrected chi connectivity index (χ4v) is 4.09. The summed E-state index contributed by atoms with van der Waals surface area (Å²) in [5, 5.41) is 9.58. The van der Waals surface area contributed by atoms with Crippen molar-refractivity contribution >= 4 is 21.6 Å². The van der Waals surface area contributed by atoms with Gasteiger partial charge in [-0.15, -0.1) is 0 Å². The summed E-state index contributed by atoms with van der Waals surface area (Å²) in [6.45, 7) is 7.18. The summed E-state index contributed by atoms with van der Waals surface area (Å²) in [4.78, 5) is 0.127. The lowest BCUT2D eigenvalue weighted by molar-refractivity contribution is 0.280. The van der Waals surface area contributed by atoms with E-state index in [1.807, 2.05) is 20.8 Å². The Balaban J connectivity index is 3.33. The molecular weight excluding hydrogens is 298 g/mol. The van der Waals surface area contributed by atoms with Gasteiger partial charge in [0.1, 0.15) is 0 Å². The smallest absolute Gasteiger partial charge is 0.241 e. The number of aliphatic hydroxyl groups excluding tert-OH is 1. The highest BCUT2D eigenvalue weighted by atomic mass is 35.5. The Hall–Kier alpha value is -0.620. The van der Waals surface area contributed by atoms with Crippen LogP contribution >= 0.6 is 11.6 Å². The van der Waals surface area contributed by atoms with E-state index in [9.17, 15) is 13.5 Å². The molecule has 0 amide bonds. The van der Waals surface area contributed by atoms with Crippen LogP contribution in [-0.4, -0.2) is 19.1 Å². The summed E-state index contributed by atoms with van der Waals surface area (Å²) >= 11 is 5.94. The Morgan fingerprint density at radius 1 is 1.30 bits per heavy atom. The van der Waals surface area contributed by atoms with Crippen LogP contribution in [0, 0.1) is 6.92 Å². The first-order valence-electron chi connectivity index (χ1n) is 6.63. The highest BCUT2D eigenvalue weighted by molar-refractivity contribution is 7.89. The zero-order chi connectivity index (χ0) is 15.6. The van der Waals surface area contributed by atoms with Gasteiger partial charge in [-0.25, -0.2) is 13.1 Å². The number of rotatable bonds is 6. The Morgan fingerprint density at radius 3 is 2.30 bits per heavy atom. The summed E-state index contributed by atoms with van der Waals surface area (Å²) in [5.74, 6) is 0. The van der Waals surface area contributed by atoms with Crippen LogP contribution in [0.4, 0.5) is 0 Å². The zero-order valence-corrected chi connectivity index (χ0v) is 13.9. The Bertz CT molecular complexity index is 580. The first-order chi connectivity index (χ1) is 9.19. The molecule has 1 aromatic carbocycles. The molecule has 2 N–H and O–H groups in total. The molecule has 0 spiro atoms. The van der Waals surface area contributed by atoms with Crippen molar-refractivity contribution in [2.75, 3.05) is 0 Å². The third-order valence-corrected chi connectivity index (χ3v) is 5.82. The van der Waals surface area contributed by atoms with Crippen LogP contribution in [0.3, 0.4) is 0 Å². The number of hydrogen-bond donors (Lipinski definition) is 2. The summed E-state index contributed by atoms with van der Waals surface area (Å²) in [5.41, 5.74) is 0.555. The van der Waals surface area contributed by atoms with Crippen molar-refractivity contribution in [2.45, 2.75) is 57.6 Å². The molecule has 0 fully saturated rings. The molecule has 1 aromatic rings. The van der Waals surface area contributed by atoms with Crippen LogP contribution in [0.25, 0.3) is 0 Å². The highest BCUT2D eigenvalue weighted by Crippen LogP contribution is 2.26. The minimum Gasteiger partial charge on any atom is -0.392 e. The average molecular weight is 320 g/mol. The predicted octanol–water partition coefficient (Wildman–Crippen LogP) is 3.00. The maximum atomic E-state index is 12.6. The normalized spacial score (nSPS) is 12.7. The van der Waals surface area contributed by atoms with E-state index in [4.69, 9.17) is 11.6 Å². The minimum atomic E-state index is -3.67. The van der Waals surface area contributed by atoms with Crippen molar-refractivity contribution in [2.24, 2.45) is 0 Å². The van der Waals surface area contributed by atoms with Crippen molar-refractivity contribution in [3.8, 4) is 0 Å². The highest BCUT2D eigenvalue weighted by Gasteiger charge is 2.29. The van der Waals surface area contributed by atoms with E-state index in [0.29, 0.717) is 29.0 Å². The minimum absolute atomic E-state index is 0.127. The topological polar surface area (TPSA) is 66.4 Å². The summed E-state index contributed by atoms with van der Waals surface area (Å²) in [6.07, 6.45) is 1.38. The lowest BCUT2D eigenvalue weighted by Crippen LogP contribution is -2.45. The number of halogens is 1. The molecule has 0 aromatic heterocycles. The van der Waals surface area contributed by atoms with Gasteiger partial charge in [-0.1, -0.05) is 25.4 Å². The molecule has 0 heterocycles. The lowest BCUT2D eigenvalue weighted by atomic mass is 9.98. The third-order valence-electron chi connectivity index (χ3n) is 3.83. The van der Waals surface area contributed by atoms with E-state index in [-0.39, 0.29) is 11.5 Å². The first-order valence-corrected chi connectivity index (χ1v) is 8.49. The molecule has 0 aliphatic carbocycles. The Kier molecular flexibility index (Phi) is 5.61. The number of aliphatic hydroxyl groups is 1. The average Bonchev–Trinajstić information content (AvgIpc) is 2.40. The molecule has 0 saturated carbocycles. The third kappa shape index (κ3) is 3.73. The first kappa shape index (κ1) is 17.4. The van der Waals surface area contributed by atoms with Gasteiger partial charge in [0.05, 0.1) is 11.5 Å². The van der Waals surface area contributed by atoms with Crippen LogP contribution in [0.5, 0.6) is 0 Å². The van der Waals surface area contributed by atoms with Gasteiger partial charge < -0.3 is 5.11 Å². The molecule has 0 aliphatic heterocycles. The summed E-state index contributed by atoms with van der Waals surface area (Å²) < 4.78 is 27.8. The van der Waals surface area contributed by atoms with Crippen LogP contribution in [0.2, 0.25) is 5.02 Å². The van der Waals surface area contributed by atoms with E-state index in [0.717, 1.165) is 0 Å². The van der Waals surface area contributed by atoms with Crippen molar-refractivity contribution in [1.82, 2.24) is 4.72 Å². The largest absolute Gasteiger partial charge is 0.392 e. The number of hydrogen-bond acceptors (Lipinski definition) is 3. The second-order valence-electron chi connectivity index (χ2n) is 5.22. The molecule has 20 heavy (non-hydrogen) atoms. The molecule has 114 valence electrons. The predicted molar refractivity (Wildman–Crippen MR) is 81.4 cm³/mol. The zero-order valence-electron chi connectivity index (χ0n) is 12.3. The molecule has 0 saturated heterocycles. The second kappa shape index (κ2) is 6.43. The Labute approximate surface area is 126 Å². The monoisotopic (exact) mass is 319 g/mol. The van der Waals surface area contributed by atoms with Gasteiger partial charge in [-0.3, -0.25) is 0 Å². The number of benzene rings is 1. The molecule has 1 rings (SSSR count). The quantitative estimate of drug-likeness (QED) is 0.847.